The molecule has 6 nitrogen and oxygen atoms in total. The Labute approximate surface area is 156 Å². The smallest absolute Gasteiger partial charge is 0.252 e. The SMILES string of the molecule is CC.COc1cc2nccc(Oc3ccc(N)c(Cl)c3)c2cc1C(N)=O. The minimum absolute atomic E-state index is 0.248. The molecule has 1 aromatic heterocycles. The first kappa shape index (κ1) is 19.3. The number of anilines is 1. The molecule has 1 heterocycles. The van der Waals surface area contributed by atoms with Crippen LogP contribution in [0.4, 0.5) is 5.69 Å². The summed E-state index contributed by atoms with van der Waals surface area (Å²) in [5, 5.41) is 1.02. The van der Waals surface area contributed by atoms with Crippen LogP contribution in [0.5, 0.6) is 17.2 Å². The molecule has 0 fully saturated rings. The van der Waals surface area contributed by atoms with E-state index in [2.05, 4.69) is 4.98 Å². The highest BCUT2D eigenvalue weighted by Gasteiger charge is 2.14. The molecule has 3 aromatic rings. The number of primary amides is 1. The summed E-state index contributed by atoms with van der Waals surface area (Å²) in [6.07, 6.45) is 1.60. The second-order valence-corrected chi connectivity index (χ2v) is 5.44. The van der Waals surface area contributed by atoms with Crippen LogP contribution in [0.15, 0.2) is 42.6 Å². The molecule has 0 radical (unpaired) electrons. The largest absolute Gasteiger partial charge is 0.496 e. The molecule has 0 bridgehead atoms. The fourth-order valence-electron chi connectivity index (χ4n) is 2.30. The molecule has 2 aromatic carbocycles. The first-order valence-electron chi connectivity index (χ1n) is 7.99. The fraction of sp³-hybridized carbons (Fsp3) is 0.158. The van der Waals surface area contributed by atoms with Gasteiger partial charge in [-0.25, -0.2) is 0 Å². The van der Waals surface area contributed by atoms with E-state index in [0.29, 0.717) is 38.9 Å². The van der Waals surface area contributed by atoms with Gasteiger partial charge in [0.25, 0.3) is 5.91 Å². The molecule has 0 aliphatic rings. The van der Waals surface area contributed by atoms with E-state index in [1.165, 1.54) is 7.11 Å². The van der Waals surface area contributed by atoms with Gasteiger partial charge < -0.3 is 20.9 Å². The Hall–Kier alpha value is -2.99. The normalized spacial score (nSPS) is 10.0. The number of nitrogen functional groups attached to an aromatic ring is 1. The molecule has 4 N–H and O–H groups in total. The second kappa shape index (κ2) is 8.40. The number of carbonyl (C=O) groups is 1. The molecule has 0 atom stereocenters. The number of nitrogens with two attached hydrogens (primary N) is 2. The summed E-state index contributed by atoms with van der Waals surface area (Å²) in [6.45, 7) is 4.00. The van der Waals surface area contributed by atoms with E-state index in [1.807, 2.05) is 13.8 Å². The van der Waals surface area contributed by atoms with E-state index in [-0.39, 0.29) is 5.56 Å². The number of fused-ring (bicyclic) bond motifs is 1. The third-order valence-electron chi connectivity index (χ3n) is 3.49. The van der Waals surface area contributed by atoms with Gasteiger partial charge >= 0.3 is 0 Å². The molecule has 7 heteroatoms. The van der Waals surface area contributed by atoms with E-state index >= 15 is 0 Å². The molecule has 0 spiro atoms. The number of pyridine rings is 1. The average Bonchev–Trinajstić information content (AvgIpc) is 2.65. The summed E-state index contributed by atoms with van der Waals surface area (Å²) in [7, 11) is 1.46. The predicted molar refractivity (Wildman–Crippen MR) is 104 cm³/mol. The zero-order valence-corrected chi connectivity index (χ0v) is 15.5. The third kappa shape index (κ3) is 3.97. The van der Waals surface area contributed by atoms with Crippen molar-refractivity contribution in [3.05, 3.63) is 53.2 Å². The molecule has 0 saturated carbocycles. The number of nitrogens with zero attached hydrogens (tertiary/aromatic N) is 1. The summed E-state index contributed by atoms with van der Waals surface area (Å²) in [4.78, 5) is 15.9. The Kier molecular flexibility index (Phi) is 6.25. The second-order valence-electron chi connectivity index (χ2n) is 5.03. The number of halogens is 1. The number of benzene rings is 2. The van der Waals surface area contributed by atoms with Crippen LogP contribution in [-0.2, 0) is 0 Å². The van der Waals surface area contributed by atoms with E-state index in [1.54, 1.807) is 42.6 Å². The van der Waals surface area contributed by atoms with Crippen molar-refractivity contribution in [2.24, 2.45) is 5.73 Å². The molecular weight excluding hydrogens is 354 g/mol. The Bertz CT molecular complexity index is 945. The minimum atomic E-state index is -0.598. The van der Waals surface area contributed by atoms with E-state index in [4.69, 9.17) is 32.5 Å². The molecule has 3 rings (SSSR count). The van der Waals surface area contributed by atoms with E-state index < -0.39 is 5.91 Å². The third-order valence-corrected chi connectivity index (χ3v) is 3.82. The lowest BCUT2D eigenvalue weighted by Gasteiger charge is -2.12. The lowest BCUT2D eigenvalue weighted by molar-refractivity contribution is 0.0997. The van der Waals surface area contributed by atoms with Gasteiger partial charge in [0.05, 0.1) is 28.9 Å². The average molecular weight is 374 g/mol. The van der Waals surface area contributed by atoms with Crippen LogP contribution in [0.2, 0.25) is 5.02 Å². The first-order valence-corrected chi connectivity index (χ1v) is 8.37. The molecule has 0 saturated heterocycles. The maximum Gasteiger partial charge on any atom is 0.252 e. The van der Waals surface area contributed by atoms with Crippen molar-refractivity contribution in [2.45, 2.75) is 13.8 Å². The summed E-state index contributed by atoms with van der Waals surface area (Å²) in [5.41, 5.74) is 12.4. The Morgan fingerprint density at radius 1 is 1.12 bits per heavy atom. The van der Waals surface area contributed by atoms with Crippen LogP contribution in [0.1, 0.15) is 24.2 Å². The molecule has 26 heavy (non-hydrogen) atoms. The van der Waals surface area contributed by atoms with Crippen molar-refractivity contribution in [3.63, 3.8) is 0 Å². The maximum atomic E-state index is 11.6. The van der Waals surface area contributed by atoms with Crippen molar-refractivity contribution < 1.29 is 14.3 Å². The van der Waals surface area contributed by atoms with Crippen molar-refractivity contribution in [3.8, 4) is 17.2 Å². The number of amides is 1. The van der Waals surface area contributed by atoms with Crippen LogP contribution < -0.4 is 20.9 Å². The molecular formula is C19H20ClN3O3. The van der Waals surface area contributed by atoms with Gasteiger partial charge in [0.15, 0.2) is 0 Å². The van der Waals surface area contributed by atoms with Gasteiger partial charge in [-0.05, 0) is 24.3 Å². The highest BCUT2D eigenvalue weighted by Crippen LogP contribution is 2.34. The van der Waals surface area contributed by atoms with Gasteiger partial charge in [0, 0.05) is 23.7 Å². The quantitative estimate of drug-likeness (QED) is 0.660. The number of carbonyl (C=O) groups excluding carboxylic acids is 1. The number of hydrogen-bond acceptors (Lipinski definition) is 5. The summed E-state index contributed by atoms with van der Waals surface area (Å²) in [5.74, 6) is 0.776. The molecule has 0 unspecified atom stereocenters. The number of ether oxygens (including phenoxy) is 2. The van der Waals surface area contributed by atoms with Crippen LogP contribution >= 0.6 is 11.6 Å². The number of hydrogen-bond donors (Lipinski definition) is 2. The van der Waals surface area contributed by atoms with Gasteiger partial charge in [-0.15, -0.1) is 0 Å². The number of rotatable bonds is 4. The van der Waals surface area contributed by atoms with Crippen molar-refractivity contribution in [1.29, 1.82) is 0 Å². The monoisotopic (exact) mass is 373 g/mol. The van der Waals surface area contributed by atoms with Crippen LogP contribution in [0.3, 0.4) is 0 Å². The Balaban J connectivity index is 0.00000117. The molecule has 136 valence electrons. The Morgan fingerprint density at radius 3 is 2.46 bits per heavy atom. The van der Waals surface area contributed by atoms with E-state index in [9.17, 15) is 4.79 Å². The number of aromatic nitrogens is 1. The van der Waals surface area contributed by atoms with Crippen LogP contribution in [0.25, 0.3) is 10.9 Å². The lowest BCUT2D eigenvalue weighted by Crippen LogP contribution is -2.12. The number of methoxy groups -OCH3 is 1. The minimum Gasteiger partial charge on any atom is -0.496 e. The van der Waals surface area contributed by atoms with Gasteiger partial charge in [-0.3, -0.25) is 9.78 Å². The topological polar surface area (TPSA) is 100 Å². The van der Waals surface area contributed by atoms with Gasteiger partial charge in [0.2, 0.25) is 0 Å². The first-order chi connectivity index (χ1) is 12.5. The maximum absolute atomic E-state index is 11.6. The van der Waals surface area contributed by atoms with Crippen molar-refractivity contribution >= 4 is 34.1 Å². The molecule has 1 amide bonds. The standard InChI is InChI=1S/C17H14ClN3O3.C2H6/c1-23-16-8-14-10(7-11(16)17(20)22)15(4-5-21-14)24-9-2-3-13(19)12(18)6-9;1-2/h2-8H,19H2,1H3,(H2,20,22);1-2H3. The van der Waals surface area contributed by atoms with Gasteiger partial charge in [-0.2, -0.15) is 0 Å². The fourth-order valence-corrected chi connectivity index (χ4v) is 2.47. The molecule has 0 aliphatic carbocycles. The zero-order valence-electron chi connectivity index (χ0n) is 14.7. The zero-order chi connectivity index (χ0) is 19.3. The van der Waals surface area contributed by atoms with Crippen molar-refractivity contribution in [1.82, 2.24) is 4.98 Å². The summed E-state index contributed by atoms with van der Waals surface area (Å²) < 4.78 is 11.1. The van der Waals surface area contributed by atoms with Crippen LogP contribution in [0, 0.1) is 0 Å². The molecule has 0 aliphatic heterocycles. The van der Waals surface area contributed by atoms with Crippen LogP contribution in [-0.4, -0.2) is 18.0 Å². The highest BCUT2D eigenvalue weighted by atomic mass is 35.5. The highest BCUT2D eigenvalue weighted by molar-refractivity contribution is 6.33. The summed E-state index contributed by atoms with van der Waals surface area (Å²) in [6, 6.07) is 9.88. The Morgan fingerprint density at radius 2 is 1.85 bits per heavy atom. The summed E-state index contributed by atoms with van der Waals surface area (Å²) >= 11 is 6.01. The predicted octanol–water partition coefficient (Wildman–Crippen LogP) is 4.40. The van der Waals surface area contributed by atoms with Gasteiger partial charge in [0.1, 0.15) is 17.2 Å². The van der Waals surface area contributed by atoms with E-state index in [0.717, 1.165) is 0 Å². The lowest BCUT2D eigenvalue weighted by atomic mass is 10.1. The van der Waals surface area contributed by atoms with Gasteiger partial charge in [-0.1, -0.05) is 25.4 Å². The van der Waals surface area contributed by atoms with Crippen molar-refractivity contribution in [2.75, 3.05) is 12.8 Å².